The van der Waals surface area contributed by atoms with Crippen molar-refractivity contribution >= 4 is 11.8 Å². The molecule has 1 aromatic heterocycles. The van der Waals surface area contributed by atoms with Gasteiger partial charge in [-0.2, -0.15) is 0 Å². The Bertz CT molecular complexity index is 380. The second-order valence-corrected chi connectivity index (χ2v) is 6.35. The Hall–Kier alpha value is -0.580. The van der Waals surface area contributed by atoms with Gasteiger partial charge in [0.25, 0.3) is 0 Å². The van der Waals surface area contributed by atoms with E-state index in [9.17, 15) is 0 Å². The molecular weight excluding hydrogens is 256 g/mol. The lowest BCUT2D eigenvalue weighted by Gasteiger charge is -2.21. The molecule has 2 rings (SSSR count). The molecule has 0 aliphatic carbocycles. The number of pyridine rings is 1. The van der Waals surface area contributed by atoms with E-state index in [1.165, 1.54) is 12.0 Å². The summed E-state index contributed by atoms with van der Waals surface area (Å²) >= 11 is 1.90. The van der Waals surface area contributed by atoms with Gasteiger partial charge in [-0.3, -0.25) is 0 Å². The van der Waals surface area contributed by atoms with E-state index in [4.69, 9.17) is 4.74 Å². The van der Waals surface area contributed by atoms with Crippen molar-refractivity contribution in [1.29, 1.82) is 0 Å². The van der Waals surface area contributed by atoms with Gasteiger partial charge in [0.1, 0.15) is 0 Å². The number of ether oxygens (including phenoxy) is 1. The maximum atomic E-state index is 5.40. The van der Waals surface area contributed by atoms with Crippen LogP contribution in [0.4, 0.5) is 0 Å². The second kappa shape index (κ2) is 7.88. The summed E-state index contributed by atoms with van der Waals surface area (Å²) in [5, 5.41) is 5.33. The molecule has 1 fully saturated rings. The van der Waals surface area contributed by atoms with Crippen LogP contribution in [0.25, 0.3) is 0 Å². The molecule has 1 saturated heterocycles. The van der Waals surface area contributed by atoms with Crippen LogP contribution < -0.4 is 5.32 Å². The van der Waals surface area contributed by atoms with Crippen LogP contribution in [0.2, 0.25) is 0 Å². The molecule has 19 heavy (non-hydrogen) atoms. The molecule has 1 aliphatic heterocycles. The van der Waals surface area contributed by atoms with Gasteiger partial charge in [-0.15, -0.1) is 11.8 Å². The van der Waals surface area contributed by atoms with Crippen LogP contribution in [0, 0.1) is 0 Å². The van der Waals surface area contributed by atoms with Crippen molar-refractivity contribution in [2.75, 3.05) is 19.8 Å². The Labute approximate surface area is 120 Å². The molecule has 4 heteroatoms. The number of hydrogen-bond donors (Lipinski definition) is 1. The van der Waals surface area contributed by atoms with Gasteiger partial charge in [0.05, 0.1) is 5.03 Å². The van der Waals surface area contributed by atoms with E-state index < -0.39 is 0 Å². The normalized spacial score (nSPS) is 18.4. The first-order valence-corrected chi connectivity index (χ1v) is 8.11. The second-order valence-electron chi connectivity index (χ2n) is 5.03. The molecule has 0 amide bonds. The largest absolute Gasteiger partial charge is 0.381 e. The number of aromatic nitrogens is 1. The minimum absolute atomic E-state index is 0.400. The van der Waals surface area contributed by atoms with Gasteiger partial charge in [-0.1, -0.05) is 6.92 Å². The lowest BCUT2D eigenvalue weighted by atomic mass is 10.1. The zero-order valence-corrected chi connectivity index (χ0v) is 12.7. The summed E-state index contributed by atoms with van der Waals surface area (Å²) in [6, 6.07) is 4.74. The SMILES string of the molecule is CCCNC(C)c1ccnc(SC2CCOCC2)c1. The minimum Gasteiger partial charge on any atom is -0.381 e. The Morgan fingerprint density at radius 2 is 2.26 bits per heavy atom. The topological polar surface area (TPSA) is 34.2 Å². The molecule has 2 heterocycles. The highest BCUT2D eigenvalue weighted by atomic mass is 32.2. The van der Waals surface area contributed by atoms with Crippen molar-refractivity contribution in [2.45, 2.75) is 49.4 Å². The zero-order valence-electron chi connectivity index (χ0n) is 11.9. The lowest BCUT2D eigenvalue weighted by molar-refractivity contribution is 0.1000. The standard InChI is InChI=1S/C15H24N2OS/c1-3-7-16-12(2)13-4-8-17-15(11-13)19-14-5-9-18-10-6-14/h4,8,11-12,14,16H,3,5-7,9-10H2,1-2H3. The summed E-state index contributed by atoms with van der Waals surface area (Å²) in [6.07, 6.45) is 5.38. The third-order valence-electron chi connectivity index (χ3n) is 3.42. The first-order valence-electron chi connectivity index (χ1n) is 7.23. The quantitative estimate of drug-likeness (QED) is 0.866. The monoisotopic (exact) mass is 280 g/mol. The van der Waals surface area contributed by atoms with Crippen molar-refractivity contribution in [3.63, 3.8) is 0 Å². The molecule has 3 nitrogen and oxygen atoms in total. The Morgan fingerprint density at radius 3 is 3.00 bits per heavy atom. The molecule has 0 aromatic carbocycles. The Balaban J connectivity index is 1.93. The molecular formula is C15H24N2OS. The van der Waals surface area contributed by atoms with Crippen LogP contribution >= 0.6 is 11.8 Å². The molecule has 1 N–H and O–H groups in total. The number of nitrogens with one attached hydrogen (secondary N) is 1. The van der Waals surface area contributed by atoms with E-state index in [0.29, 0.717) is 11.3 Å². The maximum absolute atomic E-state index is 5.40. The van der Waals surface area contributed by atoms with Gasteiger partial charge in [-0.05, 0) is 50.4 Å². The Morgan fingerprint density at radius 1 is 1.47 bits per heavy atom. The van der Waals surface area contributed by atoms with Gasteiger partial charge in [0.2, 0.25) is 0 Å². The highest BCUT2D eigenvalue weighted by molar-refractivity contribution is 7.99. The smallest absolute Gasteiger partial charge is 0.0965 e. The molecule has 0 radical (unpaired) electrons. The van der Waals surface area contributed by atoms with Crippen LogP contribution in [-0.4, -0.2) is 30.0 Å². The molecule has 1 aliphatic rings. The summed E-state index contributed by atoms with van der Waals surface area (Å²) in [7, 11) is 0. The fourth-order valence-corrected chi connectivity index (χ4v) is 3.30. The third kappa shape index (κ3) is 4.79. The number of nitrogens with zero attached hydrogens (tertiary/aromatic N) is 1. The number of hydrogen-bond acceptors (Lipinski definition) is 4. The van der Waals surface area contributed by atoms with Gasteiger partial charge in [0.15, 0.2) is 0 Å². The van der Waals surface area contributed by atoms with E-state index in [1.54, 1.807) is 0 Å². The highest BCUT2D eigenvalue weighted by Crippen LogP contribution is 2.29. The van der Waals surface area contributed by atoms with E-state index >= 15 is 0 Å². The van der Waals surface area contributed by atoms with Gasteiger partial charge >= 0.3 is 0 Å². The van der Waals surface area contributed by atoms with Gasteiger partial charge in [-0.25, -0.2) is 4.98 Å². The maximum Gasteiger partial charge on any atom is 0.0965 e. The summed E-state index contributed by atoms with van der Waals surface area (Å²) in [5.41, 5.74) is 1.33. The number of rotatable bonds is 6. The third-order valence-corrected chi connectivity index (χ3v) is 4.68. The van der Waals surface area contributed by atoms with Crippen LogP contribution in [0.1, 0.15) is 44.7 Å². The Kier molecular flexibility index (Phi) is 6.14. The summed E-state index contributed by atoms with van der Waals surface area (Å²) in [4.78, 5) is 4.49. The zero-order chi connectivity index (χ0) is 13.5. The average molecular weight is 280 g/mol. The predicted molar refractivity (Wildman–Crippen MR) is 80.6 cm³/mol. The van der Waals surface area contributed by atoms with Crippen molar-refractivity contribution in [3.05, 3.63) is 23.9 Å². The molecule has 1 unspecified atom stereocenters. The molecule has 1 aromatic rings. The molecule has 0 saturated carbocycles. The van der Waals surface area contributed by atoms with Crippen molar-refractivity contribution in [2.24, 2.45) is 0 Å². The first-order chi connectivity index (χ1) is 9.29. The van der Waals surface area contributed by atoms with Gasteiger partial charge in [0, 0.05) is 30.7 Å². The van der Waals surface area contributed by atoms with Gasteiger partial charge < -0.3 is 10.1 Å². The van der Waals surface area contributed by atoms with Crippen molar-refractivity contribution in [1.82, 2.24) is 10.3 Å². The van der Waals surface area contributed by atoms with Crippen molar-refractivity contribution in [3.8, 4) is 0 Å². The first kappa shape index (κ1) is 14.8. The predicted octanol–water partition coefficient (Wildman–Crippen LogP) is 3.41. The van der Waals surface area contributed by atoms with E-state index in [-0.39, 0.29) is 0 Å². The minimum atomic E-state index is 0.400. The van der Waals surface area contributed by atoms with E-state index in [1.807, 2.05) is 18.0 Å². The summed E-state index contributed by atoms with van der Waals surface area (Å²) in [5.74, 6) is 0. The fraction of sp³-hybridized carbons (Fsp3) is 0.667. The van der Waals surface area contributed by atoms with Crippen LogP contribution in [0.5, 0.6) is 0 Å². The highest BCUT2D eigenvalue weighted by Gasteiger charge is 2.16. The summed E-state index contributed by atoms with van der Waals surface area (Å²) < 4.78 is 5.40. The fourth-order valence-electron chi connectivity index (χ4n) is 2.20. The van der Waals surface area contributed by atoms with E-state index in [2.05, 4.69) is 36.3 Å². The average Bonchev–Trinajstić information content (AvgIpc) is 2.46. The lowest BCUT2D eigenvalue weighted by Crippen LogP contribution is -2.19. The molecule has 0 spiro atoms. The summed E-state index contributed by atoms with van der Waals surface area (Å²) in [6.45, 7) is 7.26. The van der Waals surface area contributed by atoms with Crippen LogP contribution in [-0.2, 0) is 4.74 Å². The molecule has 106 valence electrons. The van der Waals surface area contributed by atoms with E-state index in [0.717, 1.165) is 37.6 Å². The van der Waals surface area contributed by atoms with Crippen LogP contribution in [0.3, 0.4) is 0 Å². The van der Waals surface area contributed by atoms with Crippen molar-refractivity contribution < 1.29 is 4.74 Å². The number of thioether (sulfide) groups is 1. The molecule has 0 bridgehead atoms. The molecule has 1 atom stereocenters. The van der Waals surface area contributed by atoms with Crippen LogP contribution in [0.15, 0.2) is 23.4 Å².